The van der Waals surface area contributed by atoms with Crippen molar-refractivity contribution in [2.45, 2.75) is 19.3 Å². The molecule has 0 spiro atoms. The Labute approximate surface area is 113 Å². The van der Waals surface area contributed by atoms with Crippen LogP contribution in [0, 0.1) is 0 Å². The summed E-state index contributed by atoms with van der Waals surface area (Å²) >= 11 is 2.06. The number of rotatable bonds is 4. The molecule has 0 saturated carbocycles. The van der Waals surface area contributed by atoms with Gasteiger partial charge in [0, 0.05) is 48.9 Å². The smallest absolute Gasteiger partial charge is 0.132 e. The van der Waals surface area contributed by atoms with E-state index in [1.807, 2.05) is 0 Å². The third kappa shape index (κ3) is 2.78. The van der Waals surface area contributed by atoms with Crippen LogP contribution < -0.4 is 5.32 Å². The van der Waals surface area contributed by atoms with E-state index in [4.69, 9.17) is 0 Å². The number of hydrogen-bond acceptors (Lipinski definition) is 5. The molecule has 1 aliphatic carbocycles. The van der Waals surface area contributed by atoms with E-state index < -0.39 is 0 Å². The van der Waals surface area contributed by atoms with Crippen LogP contribution in [0.1, 0.15) is 17.7 Å². The maximum atomic E-state index is 4.39. The van der Waals surface area contributed by atoms with E-state index in [1.165, 1.54) is 42.3 Å². The molecule has 0 radical (unpaired) electrons. The summed E-state index contributed by atoms with van der Waals surface area (Å²) in [4.78, 5) is 11.3. The third-order valence-electron chi connectivity index (χ3n) is 3.70. The van der Waals surface area contributed by atoms with Gasteiger partial charge >= 0.3 is 0 Å². The fourth-order valence-corrected chi connectivity index (χ4v) is 3.65. The molecule has 0 aromatic carbocycles. The fraction of sp³-hybridized carbons (Fsp3) is 0.692. The molecule has 4 nitrogen and oxygen atoms in total. The minimum absolute atomic E-state index is 0.994. The second-order valence-corrected chi connectivity index (χ2v) is 6.11. The third-order valence-corrected chi connectivity index (χ3v) is 4.64. The molecular weight excluding hydrogens is 244 g/mol. The van der Waals surface area contributed by atoms with Gasteiger partial charge in [0.15, 0.2) is 0 Å². The van der Waals surface area contributed by atoms with Crippen molar-refractivity contribution in [3.05, 3.63) is 17.6 Å². The molecule has 1 aliphatic heterocycles. The summed E-state index contributed by atoms with van der Waals surface area (Å²) in [5.41, 5.74) is 2.61. The second kappa shape index (κ2) is 5.89. The van der Waals surface area contributed by atoms with Crippen molar-refractivity contribution in [1.29, 1.82) is 0 Å². The highest BCUT2D eigenvalue weighted by molar-refractivity contribution is 7.99. The predicted octanol–water partition coefficient (Wildman–Crippen LogP) is 1.43. The standard InChI is InChI=1S/C13H20N4S/c1-2-11-12(3-1)15-10-16-13(11)14-4-5-17-6-8-18-9-7-17/h10H,1-9H2,(H,14,15,16). The first-order valence-electron chi connectivity index (χ1n) is 6.80. The van der Waals surface area contributed by atoms with Gasteiger partial charge in [-0.1, -0.05) is 0 Å². The normalized spacial score (nSPS) is 19.8. The van der Waals surface area contributed by atoms with E-state index in [-0.39, 0.29) is 0 Å². The van der Waals surface area contributed by atoms with Gasteiger partial charge in [-0.2, -0.15) is 11.8 Å². The maximum Gasteiger partial charge on any atom is 0.132 e. The highest BCUT2D eigenvalue weighted by atomic mass is 32.2. The molecule has 0 unspecified atom stereocenters. The van der Waals surface area contributed by atoms with Gasteiger partial charge in [0.1, 0.15) is 12.1 Å². The topological polar surface area (TPSA) is 41.1 Å². The van der Waals surface area contributed by atoms with Crippen LogP contribution in [0.2, 0.25) is 0 Å². The largest absolute Gasteiger partial charge is 0.368 e. The molecule has 1 saturated heterocycles. The molecule has 2 heterocycles. The Morgan fingerprint density at radius 2 is 2.11 bits per heavy atom. The highest BCUT2D eigenvalue weighted by Gasteiger charge is 2.17. The number of hydrogen-bond donors (Lipinski definition) is 1. The molecule has 1 fully saturated rings. The molecule has 1 N–H and O–H groups in total. The van der Waals surface area contributed by atoms with E-state index in [1.54, 1.807) is 6.33 Å². The van der Waals surface area contributed by atoms with Gasteiger partial charge in [-0.3, -0.25) is 4.90 Å². The lowest BCUT2D eigenvalue weighted by molar-refractivity contribution is 0.314. The molecule has 3 rings (SSSR count). The summed E-state index contributed by atoms with van der Waals surface area (Å²) in [6, 6.07) is 0. The minimum atomic E-state index is 0.994. The number of thioether (sulfide) groups is 1. The minimum Gasteiger partial charge on any atom is -0.368 e. The van der Waals surface area contributed by atoms with Gasteiger partial charge < -0.3 is 5.32 Å². The van der Waals surface area contributed by atoms with Crippen LogP contribution in [0.3, 0.4) is 0 Å². The van der Waals surface area contributed by atoms with Crippen molar-refractivity contribution < 1.29 is 0 Å². The van der Waals surface area contributed by atoms with Crippen LogP contribution in [-0.4, -0.2) is 52.6 Å². The first-order valence-corrected chi connectivity index (χ1v) is 7.96. The number of aromatic nitrogens is 2. The molecule has 98 valence electrons. The number of anilines is 1. The lowest BCUT2D eigenvalue weighted by atomic mass is 10.2. The average Bonchev–Trinajstić information content (AvgIpc) is 2.89. The van der Waals surface area contributed by atoms with Gasteiger partial charge in [-0.05, 0) is 19.3 Å². The Kier molecular flexibility index (Phi) is 4.00. The average molecular weight is 264 g/mol. The molecule has 1 aromatic rings. The van der Waals surface area contributed by atoms with Gasteiger partial charge in [0.05, 0.1) is 0 Å². The number of aryl methyl sites for hydroxylation is 1. The van der Waals surface area contributed by atoms with Crippen LogP contribution in [0.25, 0.3) is 0 Å². The summed E-state index contributed by atoms with van der Waals surface area (Å²) in [5, 5.41) is 3.49. The monoisotopic (exact) mass is 264 g/mol. The molecule has 0 bridgehead atoms. The molecule has 0 atom stereocenters. The predicted molar refractivity (Wildman–Crippen MR) is 76.3 cm³/mol. The number of fused-ring (bicyclic) bond motifs is 1. The van der Waals surface area contributed by atoms with Gasteiger partial charge in [0.25, 0.3) is 0 Å². The lowest BCUT2D eigenvalue weighted by Crippen LogP contribution is -2.36. The summed E-state index contributed by atoms with van der Waals surface area (Å²) in [5.74, 6) is 3.63. The zero-order valence-electron chi connectivity index (χ0n) is 10.7. The Balaban J connectivity index is 1.52. The first-order chi connectivity index (χ1) is 8.93. The van der Waals surface area contributed by atoms with Crippen LogP contribution in [0.4, 0.5) is 5.82 Å². The molecule has 1 aromatic heterocycles. The fourth-order valence-electron chi connectivity index (χ4n) is 2.67. The van der Waals surface area contributed by atoms with Crippen molar-refractivity contribution in [2.24, 2.45) is 0 Å². The van der Waals surface area contributed by atoms with Gasteiger partial charge in [-0.15, -0.1) is 0 Å². The Morgan fingerprint density at radius 3 is 3.00 bits per heavy atom. The van der Waals surface area contributed by atoms with Crippen molar-refractivity contribution in [3.63, 3.8) is 0 Å². The van der Waals surface area contributed by atoms with Gasteiger partial charge in [0.2, 0.25) is 0 Å². The quantitative estimate of drug-likeness (QED) is 0.891. The van der Waals surface area contributed by atoms with E-state index in [0.29, 0.717) is 0 Å². The van der Waals surface area contributed by atoms with Crippen molar-refractivity contribution in [1.82, 2.24) is 14.9 Å². The summed E-state index contributed by atoms with van der Waals surface area (Å²) in [7, 11) is 0. The van der Waals surface area contributed by atoms with Crippen LogP contribution in [0.15, 0.2) is 6.33 Å². The SMILES string of the molecule is c1nc2c(c(NCCN3CCSCC3)n1)CCC2. The first kappa shape index (κ1) is 12.2. The Bertz CT molecular complexity index is 404. The molecule has 2 aliphatic rings. The zero-order valence-corrected chi connectivity index (χ0v) is 11.5. The van der Waals surface area contributed by atoms with E-state index in [9.17, 15) is 0 Å². The van der Waals surface area contributed by atoms with Crippen molar-refractivity contribution in [2.75, 3.05) is 43.0 Å². The Morgan fingerprint density at radius 1 is 1.22 bits per heavy atom. The van der Waals surface area contributed by atoms with Gasteiger partial charge in [-0.25, -0.2) is 9.97 Å². The van der Waals surface area contributed by atoms with E-state index >= 15 is 0 Å². The van der Waals surface area contributed by atoms with Crippen LogP contribution in [-0.2, 0) is 12.8 Å². The van der Waals surface area contributed by atoms with Crippen LogP contribution >= 0.6 is 11.8 Å². The highest BCUT2D eigenvalue weighted by Crippen LogP contribution is 2.24. The summed E-state index contributed by atoms with van der Waals surface area (Å²) < 4.78 is 0. The van der Waals surface area contributed by atoms with Crippen molar-refractivity contribution in [3.8, 4) is 0 Å². The summed E-state index contributed by atoms with van der Waals surface area (Å²) in [6.07, 6.45) is 5.19. The van der Waals surface area contributed by atoms with Crippen molar-refractivity contribution >= 4 is 17.6 Å². The number of nitrogens with zero attached hydrogens (tertiary/aromatic N) is 3. The number of nitrogens with one attached hydrogen (secondary N) is 1. The van der Waals surface area contributed by atoms with E-state index in [0.717, 1.165) is 31.7 Å². The van der Waals surface area contributed by atoms with Crippen LogP contribution in [0.5, 0.6) is 0 Å². The molecule has 5 heteroatoms. The molecular formula is C13H20N4S. The second-order valence-electron chi connectivity index (χ2n) is 4.88. The molecule has 18 heavy (non-hydrogen) atoms. The maximum absolute atomic E-state index is 4.39. The summed E-state index contributed by atoms with van der Waals surface area (Å²) in [6.45, 7) is 4.58. The van der Waals surface area contributed by atoms with E-state index in [2.05, 4.69) is 31.9 Å². The zero-order chi connectivity index (χ0) is 12.2. The molecule has 0 amide bonds. The lowest BCUT2D eigenvalue weighted by Gasteiger charge is -2.26. The Hall–Kier alpha value is -0.810.